The van der Waals surface area contributed by atoms with Gasteiger partial charge in [-0.05, 0) is 167 Å². The molecule has 4 heterocycles. The number of fused-ring (bicyclic) bond motifs is 10. The number of carbonyl (C=O) groups is 1. The van der Waals surface area contributed by atoms with E-state index in [4.69, 9.17) is 29.9 Å². The zero-order valence-electron chi connectivity index (χ0n) is 62.6. The summed E-state index contributed by atoms with van der Waals surface area (Å²) in [5, 5.41) is 39.9. The minimum Gasteiger partial charge on any atom is -0.506 e. The standard InChI is InChI=1S/C82H93N19O6S2/c1-83-42-19-16-31-67-89-68(32-17-20-48-99(2)3)91-78(90-67)85-44-46-87-108(104,105)65-40-38-63-70-55(65)34-36-57(74(70)97-81(95-63)59-27-12-8-23-51(59)52-24-9-13-28-60(52)81)72-76(102)73(77(72)103)58-37-35-56-66(41-39-64-71(56)75(58)98-82(96-64)61-29-14-10-25-53(61)54-26-11-15-30-62(54)82)109(106,107)88-47-45-86-80-93-69(33-18-21-49-100(4)5)92-79(94-80)84-43-22-50-101(6)7/h8-15,23-30,34-41,83,87-88,95-96,98,102H,16-22,31-33,42-50H2,1-7H3,(H,85,89,90,91)(H2,84,86,92,93,94). The minimum absolute atomic E-state index is 0.00240. The van der Waals surface area contributed by atoms with Crippen LogP contribution in [0.3, 0.4) is 0 Å². The second kappa shape index (κ2) is 31.0. The van der Waals surface area contributed by atoms with Crippen LogP contribution in [0.5, 0.6) is 0 Å². The molecule has 0 unspecified atom stereocenters. The third kappa shape index (κ3) is 14.4. The molecule has 0 radical (unpaired) electrons. The van der Waals surface area contributed by atoms with Crippen molar-refractivity contribution in [3.05, 3.63) is 207 Å². The van der Waals surface area contributed by atoms with Gasteiger partial charge in [0.05, 0.1) is 32.0 Å². The summed E-state index contributed by atoms with van der Waals surface area (Å²) in [6, 6.07) is 45.6. The smallest absolute Gasteiger partial charge is 0.241 e. The van der Waals surface area contributed by atoms with E-state index in [1.807, 2.05) is 108 Å². The molecule has 0 saturated heterocycles. The van der Waals surface area contributed by atoms with E-state index < -0.39 is 37.2 Å². The maximum absolute atomic E-state index is 15.9. The molecule has 2 spiro atoms. The zero-order chi connectivity index (χ0) is 75.8. The first-order chi connectivity index (χ1) is 52.8. The zero-order valence-corrected chi connectivity index (χ0v) is 64.2. The molecule has 2 aliphatic heterocycles. The summed E-state index contributed by atoms with van der Waals surface area (Å²) < 4.78 is 65.4. The van der Waals surface area contributed by atoms with Crippen molar-refractivity contribution >= 4 is 93.4 Å². The number of allylic oxidation sites excluding steroid dienone is 2. The molecule has 0 bridgehead atoms. The molecule has 27 heteroatoms. The maximum atomic E-state index is 15.9. The average molecular weight is 1500 g/mol. The fourth-order valence-corrected chi connectivity index (χ4v) is 18.2. The highest BCUT2D eigenvalue weighted by Gasteiger charge is 2.49. The van der Waals surface area contributed by atoms with Crippen LogP contribution in [-0.2, 0) is 55.4 Å². The molecule has 0 fully saturated rings. The van der Waals surface area contributed by atoms with Crippen LogP contribution in [0.2, 0.25) is 0 Å². The molecular weight excluding hydrogens is 1410 g/mol. The van der Waals surface area contributed by atoms with Crippen molar-refractivity contribution in [1.29, 1.82) is 0 Å². The van der Waals surface area contributed by atoms with Crippen molar-refractivity contribution in [3.63, 3.8) is 0 Å². The van der Waals surface area contributed by atoms with Gasteiger partial charge in [-0.1, -0.05) is 121 Å². The van der Waals surface area contributed by atoms with Crippen molar-refractivity contribution in [2.75, 3.05) is 140 Å². The molecule has 15 rings (SSSR count). The molecule has 0 saturated carbocycles. The maximum Gasteiger partial charge on any atom is 0.241 e. The first-order valence-electron chi connectivity index (χ1n) is 37.6. The quantitative estimate of drug-likeness (QED) is 0.0171. The predicted octanol–water partition coefficient (Wildman–Crippen LogP) is 9.17. The van der Waals surface area contributed by atoms with Gasteiger partial charge in [0.25, 0.3) is 0 Å². The molecule has 10 aromatic rings. The van der Waals surface area contributed by atoms with E-state index in [-0.39, 0.29) is 52.9 Å². The summed E-state index contributed by atoms with van der Waals surface area (Å²) in [5.41, 5.74) is 6.86. The number of aliphatic hydroxyl groups is 1. The highest BCUT2D eigenvalue weighted by atomic mass is 32.2. The number of rotatable bonds is 33. The van der Waals surface area contributed by atoms with E-state index in [9.17, 15) is 21.9 Å². The fraction of sp³-hybridized carbons (Fsp3) is 0.341. The summed E-state index contributed by atoms with van der Waals surface area (Å²) >= 11 is 0. The lowest BCUT2D eigenvalue weighted by Crippen LogP contribution is -2.45. The van der Waals surface area contributed by atoms with Gasteiger partial charge >= 0.3 is 0 Å². The number of anilines is 6. The number of carbonyl (C=O) groups excluding carboxylic acids is 1. The van der Waals surface area contributed by atoms with Gasteiger partial charge in [0.15, 0.2) is 11.3 Å². The molecule has 2 aromatic heterocycles. The Morgan fingerprint density at radius 2 is 0.890 bits per heavy atom. The normalized spacial score (nSPS) is 15.2. The van der Waals surface area contributed by atoms with Crippen LogP contribution in [-0.4, -0.2) is 181 Å². The summed E-state index contributed by atoms with van der Waals surface area (Å²) in [5.74, 6) is 2.37. The molecule has 5 aliphatic rings. The van der Waals surface area contributed by atoms with E-state index >= 15 is 4.79 Å². The summed E-state index contributed by atoms with van der Waals surface area (Å²) in [7, 11) is 5.67. The number of aromatic nitrogens is 6. The number of ketones is 1. The van der Waals surface area contributed by atoms with Crippen molar-refractivity contribution in [2.24, 2.45) is 4.99 Å². The number of aliphatic hydroxyl groups excluding tert-OH is 1. The predicted molar refractivity (Wildman–Crippen MR) is 431 cm³/mol. The lowest BCUT2D eigenvalue weighted by atomic mass is 9.79. The lowest BCUT2D eigenvalue weighted by molar-refractivity contribution is -0.109. The molecule has 8 aromatic carbocycles. The second-order valence-electron chi connectivity index (χ2n) is 29.3. The molecule has 25 nitrogen and oxygen atoms in total. The van der Waals surface area contributed by atoms with E-state index in [1.54, 1.807) is 48.5 Å². The lowest BCUT2D eigenvalue weighted by Gasteiger charge is -2.42. The van der Waals surface area contributed by atoms with Crippen LogP contribution < -0.4 is 57.2 Å². The largest absolute Gasteiger partial charge is 0.506 e. The Morgan fingerprint density at radius 3 is 1.42 bits per heavy atom. The van der Waals surface area contributed by atoms with Crippen molar-refractivity contribution < 1.29 is 26.7 Å². The Bertz CT molecular complexity index is 5490. The van der Waals surface area contributed by atoms with Gasteiger partial charge in [0.2, 0.25) is 43.7 Å². The topological polar surface area (TPSA) is 313 Å². The number of Topliss-reactive ketones (excluding diaryl/α,β-unsaturated/α-hetero) is 1. The van der Waals surface area contributed by atoms with Crippen molar-refractivity contribution in [1.82, 2.24) is 59.4 Å². The Hall–Kier alpha value is -10.4. The van der Waals surface area contributed by atoms with Gasteiger partial charge in [0.1, 0.15) is 23.2 Å². The SMILES string of the molecule is CNCCCCc1nc(CCCCN(C)C)nc(NCCNS(=O)(=O)c2ccc3c4c(c(=C5C(=O)C(c6ccc7c(S(=O)(=O)NCCNc8nc(CCCCN(C)C)nc(NCCCN(C)C)n8)ccc8c7c6NC6(N8)c7ccccc7-c7ccccc76)=C5O)ccc24)=NC2(N3)c3ccccc3-c3ccccc32)n1. The molecule has 564 valence electrons. The third-order valence-corrected chi connectivity index (χ3v) is 23.9. The molecular formula is C82H93N19O6S2. The number of nitrogens with zero attached hydrogens (tertiary/aromatic N) is 10. The van der Waals surface area contributed by atoms with E-state index in [0.717, 1.165) is 116 Å². The van der Waals surface area contributed by atoms with Crippen molar-refractivity contribution in [3.8, 4) is 22.3 Å². The van der Waals surface area contributed by atoms with E-state index in [0.29, 0.717) is 116 Å². The molecule has 0 atom stereocenters. The molecule has 109 heavy (non-hydrogen) atoms. The number of aryl methyl sites for hydroxylation is 3. The Morgan fingerprint density at radius 1 is 0.431 bits per heavy atom. The van der Waals surface area contributed by atoms with E-state index in [1.165, 1.54) is 0 Å². The summed E-state index contributed by atoms with van der Waals surface area (Å²) in [6.07, 6.45) is 8.51. The number of unbranched alkanes of at least 4 members (excludes halogenated alkanes) is 3. The highest BCUT2D eigenvalue weighted by Crippen LogP contribution is 2.57. The Labute approximate surface area is 635 Å². The molecule has 10 N–H and O–H groups in total. The van der Waals surface area contributed by atoms with Gasteiger partial charge in [-0.2, -0.15) is 24.9 Å². The summed E-state index contributed by atoms with van der Waals surface area (Å²) in [6.45, 7) is 4.60. The average Bonchev–Trinajstić information content (AvgIpc) is 1.63. The van der Waals surface area contributed by atoms with Crippen LogP contribution in [0.15, 0.2) is 166 Å². The van der Waals surface area contributed by atoms with Crippen molar-refractivity contribution in [2.45, 2.75) is 85.3 Å². The fourth-order valence-electron chi connectivity index (χ4n) is 15.8. The van der Waals surface area contributed by atoms with Gasteiger partial charge < -0.3 is 57.0 Å². The molecule has 3 aliphatic carbocycles. The highest BCUT2D eigenvalue weighted by molar-refractivity contribution is 7.90. The minimum atomic E-state index is -4.27. The monoisotopic (exact) mass is 1500 g/mol. The van der Waals surface area contributed by atoms with E-state index in [2.05, 4.69) is 105 Å². The van der Waals surface area contributed by atoms with Gasteiger partial charge in [0, 0.05) is 118 Å². The second-order valence-corrected chi connectivity index (χ2v) is 32.7. The van der Waals surface area contributed by atoms with Gasteiger partial charge in [-0.3, -0.25) is 4.79 Å². The van der Waals surface area contributed by atoms with Gasteiger partial charge in [-0.15, -0.1) is 0 Å². The first-order valence-corrected chi connectivity index (χ1v) is 40.5. The Balaban J connectivity index is 0.794. The van der Waals surface area contributed by atoms with Crippen LogP contribution in [0.1, 0.15) is 90.2 Å². The number of hydrogen-bond acceptors (Lipinski definition) is 23. The number of sulfonamides is 2. The van der Waals surface area contributed by atoms with Gasteiger partial charge in [-0.25, -0.2) is 36.3 Å². The number of hydrogen-bond donors (Lipinski definition) is 10. The number of nitrogens with one attached hydrogen (secondary N) is 9. The van der Waals surface area contributed by atoms with Crippen LogP contribution in [0, 0.1) is 0 Å². The summed E-state index contributed by atoms with van der Waals surface area (Å²) in [4.78, 5) is 56.5. The first kappa shape index (κ1) is 74.1. The van der Waals surface area contributed by atoms with Crippen LogP contribution in [0.4, 0.5) is 34.9 Å². The molecule has 0 amide bonds. The third-order valence-electron chi connectivity index (χ3n) is 20.9. The number of benzene rings is 8. The van der Waals surface area contributed by atoms with Crippen LogP contribution >= 0.6 is 0 Å². The van der Waals surface area contributed by atoms with Crippen LogP contribution in [0.25, 0.3) is 54.9 Å². The Kier molecular flexibility index (Phi) is 21.0.